The zero-order chi connectivity index (χ0) is 15.5. The molecule has 0 amide bonds. The van der Waals surface area contributed by atoms with Crippen molar-refractivity contribution < 1.29 is 18.7 Å². The fourth-order valence-corrected chi connectivity index (χ4v) is 4.73. The van der Waals surface area contributed by atoms with Gasteiger partial charge in [-0.3, -0.25) is 4.79 Å². The van der Waals surface area contributed by atoms with Gasteiger partial charge < -0.3 is 14.4 Å². The van der Waals surface area contributed by atoms with Gasteiger partial charge in [0, 0.05) is 24.3 Å². The molecule has 2 heterocycles. The molecule has 1 aliphatic carbocycles. The number of alkyl halides is 1. The first-order valence-electron chi connectivity index (χ1n) is 7.53. The average molecular weight is 370 g/mol. The van der Waals surface area contributed by atoms with Crippen LogP contribution >= 0.6 is 15.9 Å². The molecule has 4 nitrogen and oxygen atoms in total. The van der Waals surface area contributed by atoms with Crippen LogP contribution in [-0.2, 0) is 10.2 Å². The molecule has 0 bridgehead atoms. The molecule has 0 unspecified atom stereocenters. The number of ether oxygens (including phenoxy) is 2. The molecule has 1 saturated carbocycles. The maximum atomic E-state index is 13.3. The number of carbonyl (C=O) groups excluding carboxylic acids is 1. The quantitative estimate of drug-likeness (QED) is 0.761. The van der Waals surface area contributed by atoms with Crippen LogP contribution in [0.4, 0.5) is 4.39 Å². The third-order valence-corrected chi connectivity index (χ3v) is 5.96. The highest BCUT2D eigenvalue weighted by Crippen LogP contribution is 2.51. The minimum atomic E-state index is -1.74. The Bertz CT molecular complexity index is 653. The lowest BCUT2D eigenvalue weighted by atomic mass is 9.66. The van der Waals surface area contributed by atoms with Crippen LogP contribution in [0.15, 0.2) is 16.6 Å². The minimum Gasteiger partial charge on any atom is -0.425 e. The van der Waals surface area contributed by atoms with Gasteiger partial charge in [-0.2, -0.15) is 4.39 Å². The molecule has 3 atom stereocenters. The van der Waals surface area contributed by atoms with Crippen molar-refractivity contribution in [3.05, 3.63) is 22.2 Å². The first-order valence-corrected chi connectivity index (χ1v) is 8.32. The Morgan fingerprint density at radius 3 is 3.00 bits per heavy atom. The van der Waals surface area contributed by atoms with Gasteiger partial charge in [-0.15, -0.1) is 0 Å². The van der Waals surface area contributed by atoms with E-state index in [1.807, 2.05) is 12.1 Å². The number of fused-ring (bicyclic) bond motifs is 2. The fraction of sp³-hybridized carbons (Fsp3) is 0.562. The summed E-state index contributed by atoms with van der Waals surface area (Å²) in [7, 11) is 2.07. The van der Waals surface area contributed by atoms with Crippen LogP contribution in [-0.4, -0.2) is 36.9 Å². The van der Waals surface area contributed by atoms with E-state index in [0.717, 1.165) is 24.9 Å². The van der Waals surface area contributed by atoms with E-state index in [1.165, 1.54) is 0 Å². The predicted octanol–water partition coefficient (Wildman–Crippen LogP) is 3.17. The van der Waals surface area contributed by atoms with Crippen LogP contribution in [0.3, 0.4) is 0 Å². The van der Waals surface area contributed by atoms with E-state index in [1.54, 1.807) is 0 Å². The van der Waals surface area contributed by atoms with Crippen molar-refractivity contribution in [3.63, 3.8) is 0 Å². The Labute approximate surface area is 136 Å². The van der Waals surface area contributed by atoms with Gasteiger partial charge in [0.05, 0.1) is 4.47 Å². The highest BCUT2D eigenvalue weighted by Gasteiger charge is 2.50. The lowest BCUT2D eigenvalue weighted by Gasteiger charge is -2.41. The van der Waals surface area contributed by atoms with Crippen LogP contribution in [0.2, 0.25) is 0 Å². The maximum Gasteiger partial charge on any atom is 0.397 e. The molecule has 0 N–H and O–H groups in total. The summed E-state index contributed by atoms with van der Waals surface area (Å²) in [5.41, 5.74) is 1.05. The summed E-state index contributed by atoms with van der Waals surface area (Å²) in [6.07, 6.45) is 3.05. The van der Waals surface area contributed by atoms with Gasteiger partial charge in [-0.25, -0.2) is 0 Å². The second kappa shape index (κ2) is 4.93. The third kappa shape index (κ3) is 2.00. The number of hydrogen-bond donors (Lipinski definition) is 0. The zero-order valence-electron chi connectivity index (χ0n) is 12.3. The summed E-state index contributed by atoms with van der Waals surface area (Å²) in [6, 6.07) is 4.10. The van der Waals surface area contributed by atoms with Crippen molar-refractivity contribution in [2.24, 2.45) is 0 Å². The number of benzene rings is 1. The molecule has 0 radical (unpaired) electrons. The van der Waals surface area contributed by atoms with Crippen LogP contribution in [0.5, 0.6) is 11.5 Å². The molecule has 3 aliphatic rings. The topological polar surface area (TPSA) is 38.8 Å². The molecule has 1 aromatic rings. The van der Waals surface area contributed by atoms with E-state index in [0.29, 0.717) is 34.6 Å². The maximum absolute atomic E-state index is 13.3. The van der Waals surface area contributed by atoms with Crippen molar-refractivity contribution in [1.82, 2.24) is 4.90 Å². The van der Waals surface area contributed by atoms with E-state index < -0.39 is 6.54 Å². The predicted molar refractivity (Wildman–Crippen MR) is 81.9 cm³/mol. The first-order chi connectivity index (χ1) is 10.5. The summed E-state index contributed by atoms with van der Waals surface area (Å²) in [5.74, 6) is 1.19. The van der Waals surface area contributed by atoms with E-state index >= 15 is 0 Å². The highest BCUT2D eigenvalue weighted by atomic mass is 79.9. The fourth-order valence-electron chi connectivity index (χ4n) is 4.20. The molecule has 22 heavy (non-hydrogen) atoms. The van der Waals surface area contributed by atoms with Gasteiger partial charge in [0.15, 0.2) is 11.5 Å². The zero-order valence-corrected chi connectivity index (χ0v) is 13.9. The van der Waals surface area contributed by atoms with Crippen molar-refractivity contribution in [2.45, 2.75) is 43.7 Å². The summed E-state index contributed by atoms with van der Waals surface area (Å²) in [6.45, 7) is -0.774. The number of halogens is 2. The van der Waals surface area contributed by atoms with Gasteiger partial charge in [0.1, 0.15) is 5.78 Å². The number of rotatable bonds is 1. The van der Waals surface area contributed by atoms with Gasteiger partial charge in [-0.05, 0) is 60.1 Å². The van der Waals surface area contributed by atoms with Gasteiger partial charge in [-0.1, -0.05) is 0 Å². The smallest absolute Gasteiger partial charge is 0.397 e. The number of likely N-dealkylation sites (tertiary alicyclic amines) is 1. The summed E-state index contributed by atoms with van der Waals surface area (Å²) < 4.78 is 24.2. The molecule has 0 spiro atoms. The van der Waals surface area contributed by atoms with Crippen LogP contribution in [0.1, 0.15) is 31.2 Å². The van der Waals surface area contributed by atoms with Crippen molar-refractivity contribution in [2.75, 3.05) is 13.6 Å². The van der Waals surface area contributed by atoms with Crippen LogP contribution in [0.25, 0.3) is 0 Å². The molecular weight excluding hydrogens is 353 g/mol. The molecule has 4 rings (SSSR count). The number of ketones is 1. The van der Waals surface area contributed by atoms with Crippen LogP contribution in [0, 0.1) is 0 Å². The minimum absolute atomic E-state index is 0.0576. The van der Waals surface area contributed by atoms with Gasteiger partial charge >= 0.3 is 6.54 Å². The summed E-state index contributed by atoms with van der Waals surface area (Å²) in [4.78, 5) is 14.2. The number of nitrogens with zero attached hydrogens (tertiary/aromatic N) is 1. The van der Waals surface area contributed by atoms with E-state index in [9.17, 15) is 9.18 Å². The Balaban J connectivity index is 1.79. The second-order valence-electron chi connectivity index (χ2n) is 6.44. The first kappa shape index (κ1) is 14.5. The van der Waals surface area contributed by atoms with Gasteiger partial charge in [0.2, 0.25) is 0 Å². The lowest BCUT2D eigenvalue weighted by Crippen LogP contribution is -2.46. The number of Topliss-reactive ketones (excluding diaryl/α,β-unsaturated/α-hetero) is 1. The number of likely N-dealkylation sites (N-methyl/N-ethyl adjacent to an activating group) is 1. The molecule has 2 aliphatic heterocycles. The Morgan fingerprint density at radius 2 is 2.18 bits per heavy atom. The highest BCUT2D eigenvalue weighted by molar-refractivity contribution is 9.10. The average Bonchev–Trinajstić information content (AvgIpc) is 3.01. The standard InChI is InChI=1S/C16H17BrFNO3/c1-19-5-4-16(3-2-10(20)8-13(16)19)9-6-11(17)14-12(7-9)21-15(18)22-14/h6-7,13,15H,2-5,8H2,1H3/t13-,15-,16-/m0/s1. The van der Waals surface area contributed by atoms with E-state index in [-0.39, 0.29) is 11.5 Å². The van der Waals surface area contributed by atoms with Gasteiger partial charge in [0.25, 0.3) is 0 Å². The molecular formula is C16H17BrFNO3. The van der Waals surface area contributed by atoms with Crippen LogP contribution < -0.4 is 9.47 Å². The second-order valence-corrected chi connectivity index (χ2v) is 7.30. The Morgan fingerprint density at radius 1 is 1.36 bits per heavy atom. The third-order valence-electron chi connectivity index (χ3n) is 5.37. The Kier molecular flexibility index (Phi) is 3.24. The molecule has 0 aromatic heterocycles. The lowest BCUT2D eigenvalue weighted by molar-refractivity contribution is -0.122. The number of hydrogen-bond acceptors (Lipinski definition) is 4. The van der Waals surface area contributed by atoms with Crippen molar-refractivity contribution in [1.29, 1.82) is 0 Å². The van der Waals surface area contributed by atoms with Crippen molar-refractivity contribution >= 4 is 21.7 Å². The van der Waals surface area contributed by atoms with Crippen molar-refractivity contribution in [3.8, 4) is 11.5 Å². The molecule has 1 aromatic carbocycles. The molecule has 1 saturated heterocycles. The Hall–Kier alpha value is -1.14. The summed E-state index contributed by atoms with van der Waals surface area (Å²) >= 11 is 3.46. The van der Waals surface area contributed by atoms with E-state index in [4.69, 9.17) is 9.47 Å². The number of carbonyl (C=O) groups is 1. The molecule has 118 valence electrons. The largest absolute Gasteiger partial charge is 0.425 e. The monoisotopic (exact) mass is 369 g/mol. The SMILES string of the molecule is CN1CC[C@]2(c3cc(Br)c4c(c3)O[C@H](F)O4)CCC(=O)C[C@H]12. The normalized spacial score (nSPS) is 34.0. The molecule has 6 heteroatoms. The molecule has 2 fully saturated rings. The van der Waals surface area contributed by atoms with E-state index in [2.05, 4.69) is 27.9 Å². The summed E-state index contributed by atoms with van der Waals surface area (Å²) in [5, 5.41) is 0.